The molecular formula is C14H17ClO2. The molecule has 0 fully saturated rings. The zero-order valence-corrected chi connectivity index (χ0v) is 11.0. The molecule has 1 rings (SSSR count). The third-order valence-corrected chi connectivity index (χ3v) is 2.23. The topological polar surface area (TPSA) is 18.5 Å². The van der Waals surface area contributed by atoms with Crippen LogP contribution in [0.25, 0.3) is 0 Å². The second-order valence-electron chi connectivity index (χ2n) is 3.65. The highest BCUT2D eigenvalue weighted by atomic mass is 35.5. The summed E-state index contributed by atoms with van der Waals surface area (Å²) < 4.78 is 10.6. The first-order valence-electron chi connectivity index (χ1n) is 5.56. The minimum atomic E-state index is 0.0492. The lowest BCUT2D eigenvalue weighted by Gasteiger charge is -2.13. The van der Waals surface area contributed by atoms with Crippen LogP contribution in [-0.4, -0.2) is 25.7 Å². The molecule has 0 aliphatic rings. The van der Waals surface area contributed by atoms with E-state index >= 15 is 0 Å². The molecule has 92 valence electrons. The van der Waals surface area contributed by atoms with Gasteiger partial charge in [0.1, 0.15) is 11.9 Å². The number of hydrogen-bond acceptors (Lipinski definition) is 2. The summed E-state index contributed by atoms with van der Waals surface area (Å²) in [6.45, 7) is 2.55. The molecule has 1 aromatic rings. The van der Waals surface area contributed by atoms with E-state index in [2.05, 4.69) is 11.8 Å². The number of ether oxygens (including phenoxy) is 2. The largest absolute Gasteiger partial charge is 0.488 e. The molecule has 0 bridgehead atoms. The van der Waals surface area contributed by atoms with Crippen LogP contribution in [0.4, 0.5) is 0 Å². The maximum absolute atomic E-state index is 5.64. The summed E-state index contributed by atoms with van der Waals surface area (Å²) in [5, 5.41) is 0. The monoisotopic (exact) mass is 252 g/mol. The molecule has 0 spiro atoms. The molecule has 0 heterocycles. The normalized spacial score (nSPS) is 11.5. The van der Waals surface area contributed by atoms with Gasteiger partial charge in [-0.1, -0.05) is 11.8 Å². The Morgan fingerprint density at radius 1 is 1.29 bits per heavy atom. The van der Waals surface area contributed by atoms with Crippen molar-refractivity contribution in [3.05, 3.63) is 29.8 Å². The standard InChI is InChI=1S/C14H17ClO2/c1-12(11-16-2)17-14-8-6-13(7-9-14)5-3-4-10-15/h6-9,12H,4,10-11H2,1-2H3. The second kappa shape index (κ2) is 8.00. The molecule has 1 aromatic carbocycles. The van der Waals surface area contributed by atoms with Crippen LogP contribution in [0.2, 0.25) is 0 Å². The lowest BCUT2D eigenvalue weighted by atomic mass is 10.2. The molecule has 0 saturated carbocycles. The predicted molar refractivity (Wildman–Crippen MR) is 70.6 cm³/mol. The molecule has 2 nitrogen and oxygen atoms in total. The van der Waals surface area contributed by atoms with E-state index in [-0.39, 0.29) is 6.10 Å². The van der Waals surface area contributed by atoms with Gasteiger partial charge in [0.2, 0.25) is 0 Å². The summed E-state index contributed by atoms with van der Waals surface area (Å²) >= 11 is 5.55. The molecule has 0 saturated heterocycles. The highest BCUT2D eigenvalue weighted by molar-refractivity contribution is 6.18. The maximum Gasteiger partial charge on any atom is 0.119 e. The Balaban J connectivity index is 2.53. The zero-order valence-electron chi connectivity index (χ0n) is 10.2. The van der Waals surface area contributed by atoms with Gasteiger partial charge in [0.15, 0.2) is 0 Å². The number of hydrogen-bond donors (Lipinski definition) is 0. The van der Waals surface area contributed by atoms with E-state index in [1.54, 1.807) is 7.11 Å². The molecule has 1 atom stereocenters. The maximum atomic E-state index is 5.64. The zero-order chi connectivity index (χ0) is 12.5. The molecule has 1 unspecified atom stereocenters. The summed E-state index contributed by atoms with van der Waals surface area (Å²) in [6.07, 6.45) is 0.762. The highest BCUT2D eigenvalue weighted by Gasteiger charge is 2.02. The fourth-order valence-corrected chi connectivity index (χ4v) is 1.42. The minimum absolute atomic E-state index is 0.0492. The fourth-order valence-electron chi connectivity index (χ4n) is 1.33. The molecule has 0 aliphatic carbocycles. The van der Waals surface area contributed by atoms with Crippen molar-refractivity contribution in [2.45, 2.75) is 19.4 Å². The van der Waals surface area contributed by atoms with Gasteiger partial charge in [-0.15, -0.1) is 11.6 Å². The van der Waals surface area contributed by atoms with Gasteiger partial charge in [-0.05, 0) is 31.2 Å². The van der Waals surface area contributed by atoms with Crippen LogP contribution in [0.5, 0.6) is 5.75 Å². The van der Waals surface area contributed by atoms with Crippen LogP contribution in [0, 0.1) is 11.8 Å². The molecule has 0 radical (unpaired) electrons. The first kappa shape index (κ1) is 13.9. The Morgan fingerprint density at radius 2 is 2.00 bits per heavy atom. The number of benzene rings is 1. The SMILES string of the molecule is COCC(C)Oc1ccc(C#CCCCl)cc1. The van der Waals surface area contributed by atoms with Gasteiger partial charge in [-0.3, -0.25) is 0 Å². The smallest absolute Gasteiger partial charge is 0.119 e. The van der Waals surface area contributed by atoms with Crippen molar-refractivity contribution in [2.24, 2.45) is 0 Å². The lowest BCUT2D eigenvalue weighted by Crippen LogP contribution is -2.17. The summed E-state index contributed by atoms with van der Waals surface area (Å²) in [4.78, 5) is 0. The third kappa shape index (κ3) is 5.63. The molecular weight excluding hydrogens is 236 g/mol. The van der Waals surface area contributed by atoms with Gasteiger partial charge in [-0.2, -0.15) is 0 Å². The van der Waals surface area contributed by atoms with Gasteiger partial charge >= 0.3 is 0 Å². The summed E-state index contributed by atoms with van der Waals surface area (Å²) in [5.41, 5.74) is 0.974. The Hall–Kier alpha value is -1.17. The van der Waals surface area contributed by atoms with E-state index in [9.17, 15) is 0 Å². The van der Waals surface area contributed by atoms with Crippen molar-refractivity contribution in [1.29, 1.82) is 0 Å². The fraction of sp³-hybridized carbons (Fsp3) is 0.429. The van der Waals surface area contributed by atoms with Crippen molar-refractivity contribution < 1.29 is 9.47 Å². The summed E-state index contributed by atoms with van der Waals surface area (Å²) in [6, 6.07) is 7.71. The summed E-state index contributed by atoms with van der Waals surface area (Å²) in [7, 11) is 1.66. The van der Waals surface area contributed by atoms with Gasteiger partial charge in [0, 0.05) is 25.0 Å². The Bertz CT molecular complexity index is 375. The van der Waals surface area contributed by atoms with Crippen molar-refractivity contribution in [3.63, 3.8) is 0 Å². The third-order valence-electron chi connectivity index (χ3n) is 2.05. The van der Waals surface area contributed by atoms with Crippen molar-refractivity contribution >= 4 is 11.6 Å². The number of halogens is 1. The van der Waals surface area contributed by atoms with Crippen molar-refractivity contribution in [1.82, 2.24) is 0 Å². The first-order valence-corrected chi connectivity index (χ1v) is 6.10. The Labute approximate surface area is 108 Å². The average Bonchev–Trinajstić information content (AvgIpc) is 2.32. The van der Waals surface area contributed by atoms with Crippen LogP contribution in [0.15, 0.2) is 24.3 Å². The Kier molecular flexibility index (Phi) is 6.54. The summed E-state index contributed by atoms with van der Waals surface area (Å²) in [5.74, 6) is 7.43. The molecule has 0 aliphatic heterocycles. The van der Waals surface area contributed by atoms with Crippen molar-refractivity contribution in [2.75, 3.05) is 19.6 Å². The molecule has 0 N–H and O–H groups in total. The molecule has 17 heavy (non-hydrogen) atoms. The van der Waals surface area contributed by atoms with Crippen LogP contribution in [-0.2, 0) is 4.74 Å². The minimum Gasteiger partial charge on any atom is -0.488 e. The first-order chi connectivity index (χ1) is 8.26. The van der Waals surface area contributed by atoms with Crippen LogP contribution < -0.4 is 4.74 Å². The van der Waals surface area contributed by atoms with E-state index in [1.165, 1.54) is 0 Å². The second-order valence-corrected chi connectivity index (χ2v) is 4.03. The van der Waals surface area contributed by atoms with E-state index in [4.69, 9.17) is 21.1 Å². The quantitative estimate of drug-likeness (QED) is 0.592. The van der Waals surface area contributed by atoms with Crippen LogP contribution in [0.3, 0.4) is 0 Å². The number of methoxy groups -OCH3 is 1. The van der Waals surface area contributed by atoms with Crippen LogP contribution in [0.1, 0.15) is 18.9 Å². The predicted octanol–water partition coefficient (Wildman–Crippen LogP) is 3.08. The lowest BCUT2D eigenvalue weighted by molar-refractivity contribution is 0.0921. The molecule has 3 heteroatoms. The average molecular weight is 253 g/mol. The molecule has 0 aromatic heterocycles. The van der Waals surface area contributed by atoms with E-state index in [0.717, 1.165) is 11.3 Å². The van der Waals surface area contributed by atoms with E-state index in [1.807, 2.05) is 31.2 Å². The van der Waals surface area contributed by atoms with Gasteiger partial charge < -0.3 is 9.47 Å². The number of rotatable bonds is 5. The highest BCUT2D eigenvalue weighted by Crippen LogP contribution is 2.13. The van der Waals surface area contributed by atoms with E-state index in [0.29, 0.717) is 18.9 Å². The van der Waals surface area contributed by atoms with E-state index < -0.39 is 0 Å². The number of alkyl halides is 1. The van der Waals surface area contributed by atoms with Gasteiger partial charge in [-0.25, -0.2) is 0 Å². The van der Waals surface area contributed by atoms with Gasteiger partial charge in [0.05, 0.1) is 6.61 Å². The van der Waals surface area contributed by atoms with Gasteiger partial charge in [0.25, 0.3) is 0 Å². The van der Waals surface area contributed by atoms with Crippen LogP contribution >= 0.6 is 11.6 Å². The van der Waals surface area contributed by atoms with Crippen molar-refractivity contribution in [3.8, 4) is 17.6 Å². The molecule has 0 amide bonds. The Morgan fingerprint density at radius 3 is 2.59 bits per heavy atom.